The van der Waals surface area contributed by atoms with Crippen molar-refractivity contribution in [2.24, 2.45) is 0 Å². The highest BCUT2D eigenvalue weighted by atomic mass is 35.5. The smallest absolute Gasteiger partial charge is 0.273 e. The predicted octanol–water partition coefficient (Wildman–Crippen LogP) is 4.83. The molecule has 0 aliphatic carbocycles. The van der Waals surface area contributed by atoms with E-state index in [-0.39, 0.29) is 21.4 Å². The zero-order valence-corrected chi connectivity index (χ0v) is 12.3. The summed E-state index contributed by atoms with van der Waals surface area (Å²) in [5.41, 5.74) is 1.13. The summed E-state index contributed by atoms with van der Waals surface area (Å²) in [6, 6.07) is 6.57. The Morgan fingerprint density at radius 3 is 2.19 bits per heavy atom. The first kappa shape index (κ1) is 15.3. The van der Waals surface area contributed by atoms with Gasteiger partial charge in [-0.1, -0.05) is 23.2 Å². The Kier molecular flexibility index (Phi) is 4.50. The molecule has 8 heteroatoms. The molecule has 110 valence electrons. The first-order chi connectivity index (χ1) is 9.90. The van der Waals surface area contributed by atoms with E-state index >= 15 is 0 Å². The van der Waals surface area contributed by atoms with E-state index in [0.717, 1.165) is 12.1 Å². The van der Waals surface area contributed by atoms with Gasteiger partial charge in [0, 0.05) is 30.6 Å². The Morgan fingerprint density at radius 1 is 1.10 bits per heavy atom. The molecule has 2 N–H and O–H groups in total. The van der Waals surface area contributed by atoms with Gasteiger partial charge in [0.05, 0.1) is 20.7 Å². The minimum atomic E-state index is -0.564. The summed E-state index contributed by atoms with van der Waals surface area (Å²) in [6.45, 7) is 0. The highest BCUT2D eigenvalue weighted by Crippen LogP contribution is 2.35. The third kappa shape index (κ3) is 3.53. The van der Waals surface area contributed by atoms with Gasteiger partial charge in [0.15, 0.2) is 0 Å². The van der Waals surface area contributed by atoms with E-state index in [1.165, 1.54) is 12.1 Å². The molecule has 0 heterocycles. The first-order valence-corrected chi connectivity index (χ1v) is 6.55. The minimum Gasteiger partial charge on any atom is -0.388 e. The number of nitro groups is 1. The van der Waals surface area contributed by atoms with Gasteiger partial charge in [0.1, 0.15) is 5.82 Å². The Labute approximate surface area is 129 Å². The summed E-state index contributed by atoms with van der Waals surface area (Å²) in [5, 5.41) is 16.7. The Bertz CT molecular complexity index is 687. The van der Waals surface area contributed by atoms with Crippen LogP contribution in [0.2, 0.25) is 10.0 Å². The van der Waals surface area contributed by atoms with E-state index in [4.69, 9.17) is 23.2 Å². The van der Waals surface area contributed by atoms with Crippen molar-refractivity contribution in [1.82, 2.24) is 0 Å². The van der Waals surface area contributed by atoms with Crippen LogP contribution in [0, 0.1) is 15.9 Å². The van der Waals surface area contributed by atoms with E-state index in [0.29, 0.717) is 11.4 Å². The van der Waals surface area contributed by atoms with Crippen LogP contribution in [0.25, 0.3) is 0 Å². The second-order valence-electron chi connectivity index (χ2n) is 4.15. The van der Waals surface area contributed by atoms with Crippen molar-refractivity contribution >= 4 is 46.0 Å². The van der Waals surface area contributed by atoms with Gasteiger partial charge >= 0.3 is 0 Å². The molecule has 0 bridgehead atoms. The van der Waals surface area contributed by atoms with Crippen molar-refractivity contribution < 1.29 is 9.31 Å². The third-order valence-electron chi connectivity index (χ3n) is 2.69. The molecule has 0 spiro atoms. The summed E-state index contributed by atoms with van der Waals surface area (Å²) in [4.78, 5) is 10.4. The topological polar surface area (TPSA) is 67.2 Å². The quantitative estimate of drug-likeness (QED) is 0.623. The monoisotopic (exact) mass is 329 g/mol. The molecule has 5 nitrogen and oxygen atoms in total. The second-order valence-corrected chi connectivity index (χ2v) is 4.96. The van der Waals surface area contributed by atoms with Gasteiger partial charge in [-0.05, 0) is 18.2 Å². The molecule has 21 heavy (non-hydrogen) atoms. The van der Waals surface area contributed by atoms with Gasteiger partial charge in [-0.25, -0.2) is 4.39 Å². The van der Waals surface area contributed by atoms with Crippen LogP contribution < -0.4 is 10.6 Å². The standard InChI is InChI=1S/C13H10Cl2FN3O2/c1-17-8-4-9(6-10(5-8)19(20)21)18-13-11(14)2-7(16)3-12(13)15/h2-6,17-18H,1H3. The van der Waals surface area contributed by atoms with Gasteiger partial charge < -0.3 is 10.6 Å². The Balaban J connectivity index is 2.44. The molecule has 2 aromatic carbocycles. The minimum absolute atomic E-state index is 0.0810. The summed E-state index contributed by atoms with van der Waals surface area (Å²) in [5.74, 6) is -0.564. The average molecular weight is 330 g/mol. The molecule has 0 atom stereocenters. The number of anilines is 3. The third-order valence-corrected chi connectivity index (χ3v) is 3.29. The van der Waals surface area contributed by atoms with Gasteiger partial charge in [-0.15, -0.1) is 0 Å². The number of nitrogens with one attached hydrogen (secondary N) is 2. The van der Waals surface area contributed by atoms with Gasteiger partial charge in [-0.3, -0.25) is 10.1 Å². The summed E-state index contributed by atoms with van der Waals surface area (Å²) < 4.78 is 13.1. The van der Waals surface area contributed by atoms with Crippen molar-refractivity contribution in [1.29, 1.82) is 0 Å². The van der Waals surface area contributed by atoms with Crippen molar-refractivity contribution in [3.8, 4) is 0 Å². The van der Waals surface area contributed by atoms with Crippen LogP contribution in [-0.2, 0) is 0 Å². The van der Waals surface area contributed by atoms with E-state index in [1.807, 2.05) is 0 Å². The molecule has 0 aromatic heterocycles. The molecule has 0 saturated carbocycles. The molecule has 2 aromatic rings. The maximum absolute atomic E-state index is 13.1. The maximum atomic E-state index is 13.1. The van der Waals surface area contributed by atoms with Crippen molar-refractivity contribution in [3.63, 3.8) is 0 Å². The SMILES string of the molecule is CNc1cc(Nc2c(Cl)cc(F)cc2Cl)cc([N+](=O)[O-])c1. The predicted molar refractivity (Wildman–Crippen MR) is 82.3 cm³/mol. The highest BCUT2D eigenvalue weighted by Gasteiger charge is 2.13. The summed E-state index contributed by atoms with van der Waals surface area (Å²) >= 11 is 11.8. The molecular weight excluding hydrogens is 320 g/mol. The first-order valence-electron chi connectivity index (χ1n) is 5.79. The highest BCUT2D eigenvalue weighted by molar-refractivity contribution is 6.39. The number of non-ortho nitro benzene ring substituents is 1. The van der Waals surface area contributed by atoms with Crippen LogP contribution in [0.15, 0.2) is 30.3 Å². The van der Waals surface area contributed by atoms with E-state index in [2.05, 4.69) is 10.6 Å². The molecule has 2 rings (SSSR count). The number of rotatable bonds is 4. The molecule has 0 radical (unpaired) electrons. The number of hydrogen-bond donors (Lipinski definition) is 2. The molecule has 0 fully saturated rings. The van der Waals surface area contributed by atoms with Crippen molar-refractivity contribution in [3.05, 3.63) is 56.3 Å². The molecule has 0 unspecified atom stereocenters. The van der Waals surface area contributed by atoms with Crippen LogP contribution in [0.3, 0.4) is 0 Å². The zero-order valence-electron chi connectivity index (χ0n) is 10.8. The zero-order chi connectivity index (χ0) is 15.6. The van der Waals surface area contributed by atoms with E-state index < -0.39 is 10.7 Å². The lowest BCUT2D eigenvalue weighted by Gasteiger charge is -2.12. The summed E-state index contributed by atoms with van der Waals surface area (Å²) in [7, 11) is 1.64. The lowest BCUT2D eigenvalue weighted by Crippen LogP contribution is -1.98. The largest absolute Gasteiger partial charge is 0.388 e. The lowest BCUT2D eigenvalue weighted by atomic mass is 10.2. The van der Waals surface area contributed by atoms with E-state index in [9.17, 15) is 14.5 Å². The maximum Gasteiger partial charge on any atom is 0.273 e. The number of benzene rings is 2. The molecule has 0 aliphatic heterocycles. The second kappa shape index (κ2) is 6.15. The Hall–Kier alpha value is -2.05. The fraction of sp³-hybridized carbons (Fsp3) is 0.0769. The van der Waals surface area contributed by atoms with Crippen molar-refractivity contribution in [2.75, 3.05) is 17.7 Å². The average Bonchev–Trinajstić information content (AvgIpc) is 2.42. The number of nitro benzene ring substituents is 1. The molecule has 0 saturated heterocycles. The van der Waals surface area contributed by atoms with Gasteiger partial charge in [-0.2, -0.15) is 0 Å². The number of nitrogens with zero attached hydrogens (tertiary/aromatic N) is 1. The molecular formula is C13H10Cl2FN3O2. The van der Waals surface area contributed by atoms with Gasteiger partial charge in [0.2, 0.25) is 0 Å². The van der Waals surface area contributed by atoms with E-state index in [1.54, 1.807) is 13.1 Å². The van der Waals surface area contributed by atoms with Crippen LogP contribution >= 0.6 is 23.2 Å². The fourth-order valence-corrected chi connectivity index (χ4v) is 2.29. The van der Waals surface area contributed by atoms with Gasteiger partial charge in [0.25, 0.3) is 5.69 Å². The fourth-order valence-electron chi connectivity index (χ4n) is 1.74. The summed E-state index contributed by atoms with van der Waals surface area (Å²) in [6.07, 6.45) is 0. The van der Waals surface area contributed by atoms with Crippen LogP contribution in [0.5, 0.6) is 0 Å². The Morgan fingerprint density at radius 2 is 1.67 bits per heavy atom. The van der Waals surface area contributed by atoms with Crippen LogP contribution in [0.1, 0.15) is 0 Å². The molecule has 0 aliphatic rings. The van der Waals surface area contributed by atoms with Crippen molar-refractivity contribution in [2.45, 2.75) is 0 Å². The number of halogens is 3. The van der Waals surface area contributed by atoms with Crippen LogP contribution in [-0.4, -0.2) is 12.0 Å². The molecule has 0 amide bonds. The lowest BCUT2D eigenvalue weighted by molar-refractivity contribution is -0.384. The van der Waals surface area contributed by atoms with Crippen LogP contribution in [0.4, 0.5) is 27.1 Å². The number of hydrogen-bond acceptors (Lipinski definition) is 4. The normalized spacial score (nSPS) is 10.3.